The average molecular weight is 262 g/mol. The van der Waals surface area contributed by atoms with Gasteiger partial charge in [0.15, 0.2) is 0 Å². The third-order valence-electron chi connectivity index (χ3n) is 3.24. The molecule has 1 aliphatic rings. The average Bonchev–Trinajstić information content (AvgIpc) is 2.85. The van der Waals surface area contributed by atoms with Gasteiger partial charge in [-0.2, -0.15) is 0 Å². The SMILES string of the molecule is CNC(=O)CCCOc1ccc2c(c1)CC/C2=N\O. The zero-order valence-corrected chi connectivity index (χ0v) is 11.0. The molecular weight excluding hydrogens is 244 g/mol. The van der Waals surface area contributed by atoms with Crippen molar-refractivity contribution in [2.45, 2.75) is 25.7 Å². The van der Waals surface area contributed by atoms with Crippen LogP contribution < -0.4 is 10.1 Å². The number of hydrogen-bond donors (Lipinski definition) is 2. The van der Waals surface area contributed by atoms with Crippen molar-refractivity contribution in [3.8, 4) is 5.75 Å². The summed E-state index contributed by atoms with van der Waals surface area (Å²) < 4.78 is 5.61. The zero-order chi connectivity index (χ0) is 13.7. The fraction of sp³-hybridized carbons (Fsp3) is 0.429. The molecule has 5 nitrogen and oxygen atoms in total. The number of benzene rings is 1. The molecule has 1 aromatic carbocycles. The van der Waals surface area contributed by atoms with E-state index in [2.05, 4.69) is 10.5 Å². The van der Waals surface area contributed by atoms with Gasteiger partial charge in [-0.05, 0) is 43.0 Å². The van der Waals surface area contributed by atoms with Gasteiger partial charge < -0.3 is 15.3 Å². The van der Waals surface area contributed by atoms with E-state index in [4.69, 9.17) is 9.94 Å². The minimum atomic E-state index is 0.0290. The molecule has 1 aromatic rings. The van der Waals surface area contributed by atoms with E-state index >= 15 is 0 Å². The number of ether oxygens (including phenoxy) is 1. The molecule has 0 heterocycles. The van der Waals surface area contributed by atoms with Gasteiger partial charge in [-0.3, -0.25) is 4.79 Å². The molecule has 19 heavy (non-hydrogen) atoms. The Balaban J connectivity index is 1.88. The monoisotopic (exact) mass is 262 g/mol. The van der Waals surface area contributed by atoms with Crippen LogP contribution in [0, 0.1) is 0 Å². The van der Waals surface area contributed by atoms with Crippen LogP contribution in [0.5, 0.6) is 5.75 Å². The van der Waals surface area contributed by atoms with Crippen molar-refractivity contribution in [3.63, 3.8) is 0 Å². The Morgan fingerprint density at radius 3 is 3.05 bits per heavy atom. The number of aryl methyl sites for hydroxylation is 1. The summed E-state index contributed by atoms with van der Waals surface area (Å²) in [6.07, 6.45) is 2.82. The van der Waals surface area contributed by atoms with Crippen LogP contribution in [0.1, 0.15) is 30.4 Å². The van der Waals surface area contributed by atoms with Crippen molar-refractivity contribution in [2.75, 3.05) is 13.7 Å². The number of nitrogens with zero attached hydrogens (tertiary/aromatic N) is 1. The van der Waals surface area contributed by atoms with Crippen LogP contribution in [0.2, 0.25) is 0 Å². The van der Waals surface area contributed by atoms with Gasteiger partial charge >= 0.3 is 0 Å². The van der Waals surface area contributed by atoms with Crippen LogP contribution in [0.15, 0.2) is 23.4 Å². The van der Waals surface area contributed by atoms with E-state index in [0.717, 1.165) is 35.4 Å². The Hall–Kier alpha value is -2.04. The first-order valence-electron chi connectivity index (χ1n) is 6.42. The molecule has 0 aliphatic heterocycles. The lowest BCUT2D eigenvalue weighted by Gasteiger charge is -2.07. The molecule has 0 radical (unpaired) electrons. The highest BCUT2D eigenvalue weighted by Crippen LogP contribution is 2.26. The maximum Gasteiger partial charge on any atom is 0.219 e. The lowest BCUT2D eigenvalue weighted by molar-refractivity contribution is -0.120. The summed E-state index contributed by atoms with van der Waals surface area (Å²) in [6.45, 7) is 0.521. The molecule has 0 unspecified atom stereocenters. The maximum atomic E-state index is 11.0. The summed E-state index contributed by atoms with van der Waals surface area (Å²) >= 11 is 0. The number of carbonyl (C=O) groups is 1. The van der Waals surface area contributed by atoms with E-state index in [1.165, 1.54) is 0 Å². The first kappa shape index (κ1) is 13.4. The second-order valence-corrected chi connectivity index (χ2v) is 4.49. The normalized spacial score (nSPS) is 15.3. The van der Waals surface area contributed by atoms with Gasteiger partial charge in [-0.1, -0.05) is 5.16 Å². The molecule has 0 aromatic heterocycles. The quantitative estimate of drug-likeness (QED) is 0.482. The Bertz CT molecular complexity index is 497. The highest BCUT2D eigenvalue weighted by Gasteiger charge is 2.18. The molecule has 0 atom stereocenters. The van der Waals surface area contributed by atoms with E-state index in [0.29, 0.717) is 19.4 Å². The molecular formula is C14H18N2O3. The van der Waals surface area contributed by atoms with Crippen LogP contribution in [0.3, 0.4) is 0 Å². The molecule has 102 valence electrons. The molecule has 2 N–H and O–H groups in total. The highest BCUT2D eigenvalue weighted by atomic mass is 16.5. The predicted octanol–water partition coefficient (Wildman–Crippen LogP) is 1.72. The Kier molecular flexibility index (Phi) is 4.39. The van der Waals surface area contributed by atoms with Crippen LogP contribution in [-0.2, 0) is 11.2 Å². The van der Waals surface area contributed by atoms with Crippen molar-refractivity contribution in [3.05, 3.63) is 29.3 Å². The van der Waals surface area contributed by atoms with Crippen molar-refractivity contribution in [1.29, 1.82) is 0 Å². The number of carbonyl (C=O) groups excluding carboxylic acids is 1. The van der Waals surface area contributed by atoms with Gasteiger partial charge in [-0.15, -0.1) is 0 Å². The minimum absolute atomic E-state index is 0.0290. The minimum Gasteiger partial charge on any atom is -0.494 e. The summed E-state index contributed by atoms with van der Waals surface area (Å²) in [5.41, 5.74) is 2.89. The molecule has 2 rings (SSSR count). The first-order chi connectivity index (χ1) is 9.24. The smallest absolute Gasteiger partial charge is 0.219 e. The standard InChI is InChI=1S/C14H18N2O3/c1-15-14(17)3-2-8-19-11-5-6-12-10(9-11)4-7-13(12)16-18/h5-6,9,18H,2-4,7-8H2,1H3,(H,15,17)/b16-13+. The Labute approximate surface area is 112 Å². The van der Waals surface area contributed by atoms with E-state index in [-0.39, 0.29) is 5.91 Å². The van der Waals surface area contributed by atoms with Gasteiger partial charge in [0.25, 0.3) is 0 Å². The summed E-state index contributed by atoms with van der Waals surface area (Å²) in [5, 5.41) is 14.7. The number of rotatable bonds is 5. The molecule has 0 saturated carbocycles. The van der Waals surface area contributed by atoms with E-state index in [9.17, 15) is 4.79 Å². The number of nitrogens with one attached hydrogen (secondary N) is 1. The van der Waals surface area contributed by atoms with Gasteiger partial charge in [-0.25, -0.2) is 0 Å². The number of fused-ring (bicyclic) bond motifs is 1. The fourth-order valence-corrected chi connectivity index (χ4v) is 2.19. The van der Waals surface area contributed by atoms with Crippen LogP contribution >= 0.6 is 0 Å². The van der Waals surface area contributed by atoms with E-state index in [1.807, 2.05) is 18.2 Å². The van der Waals surface area contributed by atoms with E-state index in [1.54, 1.807) is 7.05 Å². The number of oxime groups is 1. The summed E-state index contributed by atoms with van der Waals surface area (Å²) in [7, 11) is 1.63. The molecule has 0 fully saturated rings. The van der Waals surface area contributed by atoms with Gasteiger partial charge in [0, 0.05) is 19.0 Å². The molecule has 0 bridgehead atoms. The van der Waals surface area contributed by atoms with Crippen LogP contribution in [0.4, 0.5) is 0 Å². The topological polar surface area (TPSA) is 70.9 Å². The largest absolute Gasteiger partial charge is 0.494 e. The number of hydrogen-bond acceptors (Lipinski definition) is 4. The second-order valence-electron chi connectivity index (χ2n) is 4.49. The predicted molar refractivity (Wildman–Crippen MR) is 71.9 cm³/mol. The van der Waals surface area contributed by atoms with Crippen molar-refractivity contribution in [1.82, 2.24) is 5.32 Å². The van der Waals surface area contributed by atoms with E-state index < -0.39 is 0 Å². The van der Waals surface area contributed by atoms with Crippen molar-refractivity contribution >= 4 is 11.6 Å². The summed E-state index contributed by atoms with van der Waals surface area (Å²) in [4.78, 5) is 11.0. The van der Waals surface area contributed by atoms with Crippen molar-refractivity contribution < 1.29 is 14.7 Å². The van der Waals surface area contributed by atoms with Crippen LogP contribution in [-0.4, -0.2) is 30.5 Å². The second kappa shape index (κ2) is 6.22. The van der Waals surface area contributed by atoms with Crippen molar-refractivity contribution in [2.24, 2.45) is 5.16 Å². The Morgan fingerprint density at radius 1 is 1.47 bits per heavy atom. The first-order valence-corrected chi connectivity index (χ1v) is 6.42. The lowest BCUT2D eigenvalue weighted by Crippen LogP contribution is -2.18. The Morgan fingerprint density at radius 2 is 2.32 bits per heavy atom. The van der Waals surface area contributed by atoms with Gasteiger partial charge in [0.05, 0.1) is 12.3 Å². The summed E-state index contributed by atoms with van der Waals surface area (Å²) in [5.74, 6) is 0.830. The summed E-state index contributed by atoms with van der Waals surface area (Å²) in [6, 6.07) is 5.77. The molecule has 1 amide bonds. The lowest BCUT2D eigenvalue weighted by atomic mass is 10.1. The third kappa shape index (κ3) is 3.24. The highest BCUT2D eigenvalue weighted by molar-refractivity contribution is 6.04. The third-order valence-corrected chi connectivity index (χ3v) is 3.24. The number of amides is 1. The van der Waals surface area contributed by atoms with Gasteiger partial charge in [0.1, 0.15) is 5.75 Å². The molecule has 0 saturated heterocycles. The molecule has 5 heteroatoms. The fourth-order valence-electron chi connectivity index (χ4n) is 2.19. The van der Waals surface area contributed by atoms with Gasteiger partial charge in [0.2, 0.25) is 5.91 Å². The molecule has 1 aliphatic carbocycles. The molecule has 0 spiro atoms. The van der Waals surface area contributed by atoms with Crippen LogP contribution in [0.25, 0.3) is 0 Å². The maximum absolute atomic E-state index is 11.0. The zero-order valence-electron chi connectivity index (χ0n) is 11.0.